The summed E-state index contributed by atoms with van der Waals surface area (Å²) in [6.07, 6.45) is 0.708. The van der Waals surface area contributed by atoms with Crippen molar-refractivity contribution in [1.82, 2.24) is 0 Å². The third kappa shape index (κ3) is 2.34. The van der Waals surface area contributed by atoms with E-state index in [0.29, 0.717) is 17.2 Å². The molecule has 22 heavy (non-hydrogen) atoms. The van der Waals surface area contributed by atoms with Crippen LogP contribution in [0.1, 0.15) is 12.5 Å². The first-order chi connectivity index (χ1) is 10.4. The molecule has 4 nitrogen and oxygen atoms in total. The van der Waals surface area contributed by atoms with Crippen molar-refractivity contribution in [2.75, 3.05) is 11.4 Å². The van der Waals surface area contributed by atoms with E-state index in [-0.39, 0.29) is 10.9 Å². The first-order valence-corrected chi connectivity index (χ1v) is 8.73. The number of fused-ring (bicyclic) bond motifs is 1. The standard InChI is InChI=1S/C16H16ClNO3S/c1-11-9-12-5-3-4-6-15(12)18(11)22(19,20)13-7-8-14(17)16(10-13)21-2/h3-8,10-11H,9H2,1-2H3/t11-/m1/s1. The highest BCUT2D eigenvalue weighted by molar-refractivity contribution is 7.92. The zero-order valence-corrected chi connectivity index (χ0v) is 13.9. The van der Waals surface area contributed by atoms with Gasteiger partial charge in [0.2, 0.25) is 0 Å². The van der Waals surface area contributed by atoms with Gasteiger partial charge in [-0.15, -0.1) is 0 Å². The molecule has 0 fully saturated rings. The Morgan fingerprint density at radius 3 is 2.68 bits per heavy atom. The lowest BCUT2D eigenvalue weighted by Gasteiger charge is -2.24. The highest BCUT2D eigenvalue weighted by atomic mass is 35.5. The Hall–Kier alpha value is -1.72. The van der Waals surface area contributed by atoms with Crippen molar-refractivity contribution < 1.29 is 13.2 Å². The zero-order chi connectivity index (χ0) is 15.9. The monoisotopic (exact) mass is 337 g/mol. The second-order valence-electron chi connectivity index (χ2n) is 5.28. The minimum atomic E-state index is -3.66. The average molecular weight is 338 g/mol. The van der Waals surface area contributed by atoms with Gasteiger partial charge in [-0.05, 0) is 37.1 Å². The zero-order valence-electron chi connectivity index (χ0n) is 12.3. The second kappa shape index (κ2) is 5.48. The maximum atomic E-state index is 13.0. The largest absolute Gasteiger partial charge is 0.495 e. The molecule has 0 N–H and O–H groups in total. The van der Waals surface area contributed by atoms with Gasteiger partial charge in [-0.1, -0.05) is 29.8 Å². The molecule has 0 spiro atoms. The summed E-state index contributed by atoms with van der Waals surface area (Å²) in [5.41, 5.74) is 1.78. The van der Waals surface area contributed by atoms with Crippen LogP contribution < -0.4 is 9.04 Å². The van der Waals surface area contributed by atoms with Crippen molar-refractivity contribution in [3.05, 3.63) is 53.1 Å². The number of sulfonamides is 1. The molecule has 1 aliphatic rings. The van der Waals surface area contributed by atoms with Crippen LogP contribution in [0.15, 0.2) is 47.4 Å². The summed E-state index contributed by atoms with van der Waals surface area (Å²) >= 11 is 5.98. The summed E-state index contributed by atoms with van der Waals surface area (Å²) in [5.74, 6) is 0.350. The smallest absolute Gasteiger partial charge is 0.264 e. The third-order valence-corrected chi connectivity index (χ3v) is 6.06. The molecule has 0 radical (unpaired) electrons. The molecule has 0 unspecified atom stereocenters. The molecule has 0 aromatic heterocycles. The number of hydrogen-bond acceptors (Lipinski definition) is 3. The van der Waals surface area contributed by atoms with Crippen molar-refractivity contribution in [1.29, 1.82) is 0 Å². The molecule has 116 valence electrons. The van der Waals surface area contributed by atoms with Crippen molar-refractivity contribution in [2.24, 2.45) is 0 Å². The molecule has 3 rings (SSSR count). The maximum absolute atomic E-state index is 13.0. The van der Waals surface area contributed by atoms with Gasteiger partial charge < -0.3 is 4.74 Å². The van der Waals surface area contributed by atoms with Gasteiger partial charge in [0.1, 0.15) is 5.75 Å². The van der Waals surface area contributed by atoms with E-state index >= 15 is 0 Å². The molecule has 0 saturated carbocycles. The SMILES string of the molecule is COc1cc(S(=O)(=O)N2c3ccccc3C[C@H]2C)ccc1Cl. The van der Waals surface area contributed by atoms with E-state index in [4.69, 9.17) is 16.3 Å². The van der Waals surface area contributed by atoms with Crippen LogP contribution >= 0.6 is 11.6 Å². The van der Waals surface area contributed by atoms with E-state index in [1.54, 1.807) is 6.07 Å². The summed E-state index contributed by atoms with van der Waals surface area (Å²) in [6.45, 7) is 1.91. The number of anilines is 1. The van der Waals surface area contributed by atoms with Crippen LogP contribution in [-0.4, -0.2) is 21.6 Å². The molecule has 6 heteroatoms. The average Bonchev–Trinajstić information content (AvgIpc) is 2.83. The lowest BCUT2D eigenvalue weighted by Crippen LogP contribution is -2.35. The van der Waals surface area contributed by atoms with Gasteiger partial charge >= 0.3 is 0 Å². The Balaban J connectivity index is 2.11. The van der Waals surface area contributed by atoms with Crippen molar-refractivity contribution in [3.8, 4) is 5.75 Å². The molecule has 1 atom stereocenters. The van der Waals surface area contributed by atoms with E-state index in [1.165, 1.54) is 23.5 Å². The number of methoxy groups -OCH3 is 1. The first-order valence-electron chi connectivity index (χ1n) is 6.91. The van der Waals surface area contributed by atoms with Gasteiger partial charge in [-0.25, -0.2) is 8.42 Å². The Morgan fingerprint density at radius 1 is 1.23 bits per heavy atom. The normalized spacial score (nSPS) is 17.4. The minimum Gasteiger partial charge on any atom is -0.495 e. The van der Waals surface area contributed by atoms with E-state index in [2.05, 4.69) is 0 Å². The molecular formula is C16H16ClNO3S. The third-order valence-electron chi connectivity index (χ3n) is 3.82. The number of ether oxygens (including phenoxy) is 1. The van der Waals surface area contributed by atoms with Gasteiger partial charge in [0.15, 0.2) is 0 Å². The van der Waals surface area contributed by atoms with E-state index in [0.717, 1.165) is 11.3 Å². The molecule has 2 aromatic rings. The Morgan fingerprint density at radius 2 is 1.95 bits per heavy atom. The number of hydrogen-bond donors (Lipinski definition) is 0. The highest BCUT2D eigenvalue weighted by Gasteiger charge is 2.36. The summed E-state index contributed by atoms with van der Waals surface area (Å²) < 4.78 is 32.6. The van der Waals surface area contributed by atoms with Crippen LogP contribution in [0.4, 0.5) is 5.69 Å². The van der Waals surface area contributed by atoms with Crippen molar-refractivity contribution in [2.45, 2.75) is 24.3 Å². The number of halogens is 1. The molecule has 0 saturated heterocycles. The van der Waals surface area contributed by atoms with Crippen molar-refractivity contribution >= 4 is 27.3 Å². The minimum absolute atomic E-state index is 0.121. The first kappa shape index (κ1) is 15.2. The molecule has 0 aliphatic carbocycles. The molecular weight excluding hydrogens is 322 g/mol. The fourth-order valence-electron chi connectivity index (χ4n) is 2.82. The van der Waals surface area contributed by atoms with Gasteiger partial charge in [-0.3, -0.25) is 4.31 Å². The van der Waals surface area contributed by atoms with Crippen LogP contribution in [0.3, 0.4) is 0 Å². The summed E-state index contributed by atoms with van der Waals surface area (Å²) in [5, 5.41) is 0.385. The quantitative estimate of drug-likeness (QED) is 0.861. The highest BCUT2D eigenvalue weighted by Crippen LogP contribution is 2.37. The maximum Gasteiger partial charge on any atom is 0.264 e. The predicted molar refractivity (Wildman–Crippen MR) is 87.3 cm³/mol. The molecule has 1 heterocycles. The molecule has 0 amide bonds. The van der Waals surface area contributed by atoms with E-state index in [9.17, 15) is 8.42 Å². The van der Waals surface area contributed by atoms with E-state index < -0.39 is 10.0 Å². The summed E-state index contributed by atoms with van der Waals surface area (Å²) in [4.78, 5) is 0.178. The number of rotatable bonds is 3. The lowest BCUT2D eigenvalue weighted by molar-refractivity contribution is 0.413. The fourth-order valence-corrected chi connectivity index (χ4v) is 4.72. The van der Waals surface area contributed by atoms with Gasteiger partial charge in [0.05, 0.1) is 22.7 Å². The van der Waals surface area contributed by atoms with Crippen LogP contribution in [0, 0.1) is 0 Å². The lowest BCUT2D eigenvalue weighted by atomic mass is 10.1. The molecule has 2 aromatic carbocycles. The number of nitrogens with zero attached hydrogens (tertiary/aromatic N) is 1. The van der Waals surface area contributed by atoms with Crippen molar-refractivity contribution in [3.63, 3.8) is 0 Å². The van der Waals surface area contributed by atoms with Gasteiger partial charge in [-0.2, -0.15) is 0 Å². The summed E-state index contributed by atoms with van der Waals surface area (Å²) in [6, 6.07) is 12.0. The second-order valence-corrected chi connectivity index (χ2v) is 7.50. The van der Waals surface area contributed by atoms with Crippen LogP contribution in [-0.2, 0) is 16.4 Å². The number of para-hydroxylation sites is 1. The van der Waals surface area contributed by atoms with Crippen LogP contribution in [0.2, 0.25) is 5.02 Å². The summed E-state index contributed by atoms with van der Waals surface area (Å²) in [7, 11) is -2.19. The van der Waals surface area contributed by atoms with E-state index in [1.807, 2.05) is 31.2 Å². The van der Waals surface area contributed by atoms with Crippen LogP contribution in [0.25, 0.3) is 0 Å². The van der Waals surface area contributed by atoms with Crippen LogP contribution in [0.5, 0.6) is 5.75 Å². The topological polar surface area (TPSA) is 46.6 Å². The fraction of sp³-hybridized carbons (Fsp3) is 0.250. The number of benzene rings is 2. The van der Waals surface area contributed by atoms with Gasteiger partial charge in [0, 0.05) is 12.1 Å². The predicted octanol–water partition coefficient (Wildman–Crippen LogP) is 3.49. The Labute approximate surface area is 135 Å². The Kier molecular flexibility index (Phi) is 3.78. The Bertz CT molecular complexity index is 820. The molecule has 1 aliphatic heterocycles. The molecule has 0 bridgehead atoms. The van der Waals surface area contributed by atoms with Gasteiger partial charge in [0.25, 0.3) is 10.0 Å².